The van der Waals surface area contributed by atoms with Gasteiger partial charge in [-0.2, -0.15) is 0 Å². The molecule has 1 aliphatic rings. The quantitative estimate of drug-likeness (QED) is 0.569. The van der Waals surface area contributed by atoms with E-state index in [1.165, 1.54) is 40.6 Å². The molecule has 23 heavy (non-hydrogen) atoms. The summed E-state index contributed by atoms with van der Waals surface area (Å²) in [6, 6.07) is 17.8. The first-order valence-corrected chi connectivity index (χ1v) is 8.81. The largest absolute Gasteiger partial charge is 0.357 e. The molecule has 0 radical (unpaired) electrons. The normalized spacial score (nSPS) is 18.8. The van der Waals surface area contributed by atoms with Gasteiger partial charge in [-0.3, -0.25) is 0 Å². The van der Waals surface area contributed by atoms with Gasteiger partial charge >= 0.3 is 0 Å². The Morgan fingerprint density at radius 3 is 2.83 bits per heavy atom. The van der Waals surface area contributed by atoms with Gasteiger partial charge in [0.25, 0.3) is 0 Å². The zero-order valence-corrected chi connectivity index (χ0v) is 14.2. The highest BCUT2D eigenvalue weighted by atomic mass is 32.1. The zero-order chi connectivity index (χ0) is 15.8. The second-order valence-electron chi connectivity index (χ2n) is 6.49. The number of nitrogens with one attached hydrogen (secondary N) is 2. The third-order valence-electron chi connectivity index (χ3n) is 4.94. The summed E-state index contributed by atoms with van der Waals surface area (Å²) in [5.41, 5.74) is 5.41. The van der Waals surface area contributed by atoms with E-state index in [1.54, 1.807) is 0 Å². The van der Waals surface area contributed by atoms with Gasteiger partial charge in [0.1, 0.15) is 0 Å². The van der Waals surface area contributed by atoms with Crippen LogP contribution in [0.25, 0.3) is 10.9 Å². The van der Waals surface area contributed by atoms with Crippen LogP contribution in [0.15, 0.2) is 53.4 Å². The molecular formula is C20H22N2S. The number of H-pyrrole nitrogens is 1. The van der Waals surface area contributed by atoms with E-state index in [2.05, 4.69) is 78.4 Å². The number of hydrogen-bond acceptors (Lipinski definition) is 2. The Hall–Kier alpha value is -1.71. The van der Waals surface area contributed by atoms with Crippen LogP contribution in [0.2, 0.25) is 0 Å². The Balaban J connectivity index is 1.66. The Labute approximate surface area is 142 Å². The predicted molar refractivity (Wildman–Crippen MR) is 99.2 cm³/mol. The van der Waals surface area contributed by atoms with Crippen LogP contribution in [0.4, 0.5) is 0 Å². The highest BCUT2D eigenvalue weighted by Crippen LogP contribution is 2.36. The summed E-state index contributed by atoms with van der Waals surface area (Å²) in [6.45, 7) is 2.25. The van der Waals surface area contributed by atoms with Crippen molar-refractivity contribution in [3.63, 3.8) is 0 Å². The number of rotatable bonds is 3. The standard InChI is InChI=1S/C20H22N2S/c1-13(14-6-3-2-4-7-14)21-19-9-5-8-16-17-12-15(23)10-11-18(17)22-20(16)19/h2-4,6-7,10-13,19,21-23H,5,8-9H2,1H3/t13-,19+/m1/s1. The topological polar surface area (TPSA) is 27.8 Å². The molecule has 0 bridgehead atoms. The number of thiol groups is 1. The minimum Gasteiger partial charge on any atom is -0.357 e. The molecule has 0 fully saturated rings. The molecule has 2 nitrogen and oxygen atoms in total. The van der Waals surface area contributed by atoms with Crippen LogP contribution in [0, 0.1) is 0 Å². The molecule has 0 spiro atoms. The van der Waals surface area contributed by atoms with Crippen molar-refractivity contribution in [3.8, 4) is 0 Å². The first-order chi connectivity index (χ1) is 11.2. The molecule has 1 aliphatic carbocycles. The van der Waals surface area contributed by atoms with Crippen LogP contribution in [-0.4, -0.2) is 4.98 Å². The molecule has 0 amide bonds. The summed E-state index contributed by atoms with van der Waals surface area (Å²) in [5.74, 6) is 0. The summed E-state index contributed by atoms with van der Waals surface area (Å²) in [6.07, 6.45) is 3.57. The summed E-state index contributed by atoms with van der Waals surface area (Å²) in [5, 5.41) is 5.16. The van der Waals surface area contributed by atoms with Crippen LogP contribution in [0.1, 0.15) is 48.7 Å². The van der Waals surface area contributed by atoms with Crippen LogP contribution in [-0.2, 0) is 6.42 Å². The molecule has 1 aromatic heterocycles. The Morgan fingerprint density at radius 1 is 1.17 bits per heavy atom. The second kappa shape index (κ2) is 6.06. The van der Waals surface area contributed by atoms with Gasteiger partial charge in [-0.1, -0.05) is 30.3 Å². The molecule has 0 unspecified atom stereocenters. The number of aromatic amines is 1. The van der Waals surface area contributed by atoms with Crippen molar-refractivity contribution >= 4 is 23.5 Å². The highest BCUT2D eigenvalue weighted by Gasteiger charge is 2.25. The maximum atomic E-state index is 4.50. The lowest BCUT2D eigenvalue weighted by molar-refractivity contribution is 0.410. The summed E-state index contributed by atoms with van der Waals surface area (Å²) in [4.78, 5) is 4.69. The Kier molecular flexibility index (Phi) is 3.92. The summed E-state index contributed by atoms with van der Waals surface area (Å²) >= 11 is 4.50. The predicted octanol–water partition coefficient (Wildman–Crippen LogP) is 5.18. The fourth-order valence-corrected chi connectivity index (χ4v) is 3.96. The van der Waals surface area contributed by atoms with Crippen molar-refractivity contribution in [1.29, 1.82) is 0 Å². The molecule has 118 valence electrons. The van der Waals surface area contributed by atoms with Gasteiger partial charge in [0, 0.05) is 33.6 Å². The molecule has 3 heteroatoms. The second-order valence-corrected chi connectivity index (χ2v) is 7.01. The first-order valence-electron chi connectivity index (χ1n) is 8.37. The first kappa shape index (κ1) is 14.9. The highest BCUT2D eigenvalue weighted by molar-refractivity contribution is 7.80. The molecule has 3 aromatic rings. The Morgan fingerprint density at radius 2 is 2.00 bits per heavy atom. The van der Waals surface area contributed by atoms with Crippen LogP contribution in [0.5, 0.6) is 0 Å². The molecule has 2 atom stereocenters. The number of hydrogen-bond donors (Lipinski definition) is 3. The van der Waals surface area contributed by atoms with E-state index in [1.807, 2.05) is 0 Å². The average molecular weight is 322 g/mol. The van der Waals surface area contributed by atoms with Gasteiger partial charge in [0.2, 0.25) is 0 Å². The van der Waals surface area contributed by atoms with Gasteiger partial charge in [0.05, 0.1) is 0 Å². The monoisotopic (exact) mass is 322 g/mol. The third kappa shape index (κ3) is 2.79. The maximum absolute atomic E-state index is 4.50. The summed E-state index contributed by atoms with van der Waals surface area (Å²) < 4.78 is 0. The summed E-state index contributed by atoms with van der Waals surface area (Å²) in [7, 11) is 0. The number of aromatic nitrogens is 1. The van der Waals surface area contributed by atoms with Crippen LogP contribution >= 0.6 is 12.6 Å². The number of aryl methyl sites for hydroxylation is 1. The zero-order valence-electron chi connectivity index (χ0n) is 13.3. The Bertz CT molecular complexity index is 822. The van der Waals surface area contributed by atoms with Crippen molar-refractivity contribution in [2.45, 2.75) is 43.2 Å². The van der Waals surface area contributed by atoms with Gasteiger partial charge in [0.15, 0.2) is 0 Å². The molecule has 4 rings (SSSR count). The SMILES string of the molecule is C[C@@H](N[C@H]1CCCc2c1[nH]c1ccc(S)cc21)c1ccccc1. The molecule has 2 aromatic carbocycles. The van der Waals surface area contributed by atoms with E-state index in [-0.39, 0.29) is 0 Å². The lowest BCUT2D eigenvalue weighted by atomic mass is 9.91. The molecule has 0 aliphatic heterocycles. The number of fused-ring (bicyclic) bond motifs is 3. The van der Waals surface area contributed by atoms with Crippen molar-refractivity contribution in [2.75, 3.05) is 0 Å². The number of benzene rings is 2. The minimum atomic E-state index is 0.346. The average Bonchev–Trinajstić information content (AvgIpc) is 2.95. The van der Waals surface area contributed by atoms with Crippen molar-refractivity contribution in [2.24, 2.45) is 0 Å². The fourth-order valence-electron chi connectivity index (χ4n) is 3.76. The van der Waals surface area contributed by atoms with Gasteiger partial charge in [-0.25, -0.2) is 0 Å². The van der Waals surface area contributed by atoms with Gasteiger partial charge in [-0.15, -0.1) is 12.6 Å². The van der Waals surface area contributed by atoms with Crippen LogP contribution in [0.3, 0.4) is 0 Å². The minimum absolute atomic E-state index is 0.346. The molecule has 0 saturated heterocycles. The molecule has 1 heterocycles. The van der Waals surface area contributed by atoms with E-state index in [4.69, 9.17) is 0 Å². The van der Waals surface area contributed by atoms with Crippen LogP contribution < -0.4 is 5.32 Å². The van der Waals surface area contributed by atoms with E-state index in [9.17, 15) is 0 Å². The van der Waals surface area contributed by atoms with E-state index in [0.717, 1.165) is 11.3 Å². The molecular weight excluding hydrogens is 300 g/mol. The fraction of sp³-hybridized carbons (Fsp3) is 0.300. The van der Waals surface area contributed by atoms with Gasteiger partial charge in [-0.05, 0) is 55.5 Å². The van der Waals surface area contributed by atoms with Crippen molar-refractivity contribution in [1.82, 2.24) is 10.3 Å². The molecule has 0 saturated carbocycles. The third-order valence-corrected chi connectivity index (χ3v) is 5.22. The maximum Gasteiger partial charge on any atom is 0.0480 e. The molecule has 2 N–H and O–H groups in total. The lowest BCUT2D eigenvalue weighted by Gasteiger charge is -2.27. The van der Waals surface area contributed by atoms with E-state index >= 15 is 0 Å². The van der Waals surface area contributed by atoms with E-state index in [0.29, 0.717) is 12.1 Å². The van der Waals surface area contributed by atoms with E-state index < -0.39 is 0 Å². The van der Waals surface area contributed by atoms with Gasteiger partial charge < -0.3 is 10.3 Å². The smallest absolute Gasteiger partial charge is 0.0480 e. The van der Waals surface area contributed by atoms with Crippen molar-refractivity contribution in [3.05, 3.63) is 65.4 Å². The lowest BCUT2D eigenvalue weighted by Crippen LogP contribution is -2.27. The van der Waals surface area contributed by atoms with Crippen molar-refractivity contribution < 1.29 is 0 Å².